The first-order chi connectivity index (χ1) is 16.5. The summed E-state index contributed by atoms with van der Waals surface area (Å²) in [6, 6.07) is 11.1. The molecule has 1 fully saturated rings. The molecule has 0 spiro atoms. The van der Waals surface area contributed by atoms with Gasteiger partial charge in [0, 0.05) is 41.3 Å². The number of benzene rings is 1. The molecule has 1 aliphatic rings. The number of aromatic nitrogens is 3. The second-order valence-corrected chi connectivity index (χ2v) is 9.76. The van der Waals surface area contributed by atoms with Crippen LogP contribution in [0.2, 0.25) is 0 Å². The highest BCUT2D eigenvalue weighted by Crippen LogP contribution is 2.39. The summed E-state index contributed by atoms with van der Waals surface area (Å²) in [4.78, 5) is 22.3. The quantitative estimate of drug-likeness (QED) is 0.382. The number of ether oxygens (including phenoxy) is 1. The van der Waals surface area contributed by atoms with Crippen LogP contribution in [0.5, 0.6) is 5.88 Å². The molecule has 178 valence electrons. The monoisotopic (exact) mass is 458 g/mol. The molecule has 4 aromatic rings. The van der Waals surface area contributed by atoms with E-state index in [1.54, 1.807) is 13.3 Å². The minimum absolute atomic E-state index is 0.339. The van der Waals surface area contributed by atoms with Crippen LogP contribution in [-0.2, 0) is 4.79 Å². The van der Waals surface area contributed by atoms with Gasteiger partial charge in [0.1, 0.15) is 11.4 Å². The molecule has 1 N–H and O–H groups in total. The Labute approximate surface area is 200 Å². The second kappa shape index (κ2) is 9.26. The Balaban J connectivity index is 1.49. The molecule has 34 heavy (non-hydrogen) atoms. The molecule has 0 bridgehead atoms. The molecular weight excluding hydrogens is 424 g/mol. The second-order valence-electron chi connectivity index (χ2n) is 9.76. The van der Waals surface area contributed by atoms with E-state index in [2.05, 4.69) is 59.0 Å². The number of hydrogen-bond donors (Lipinski definition) is 1. The Bertz CT molecular complexity index is 1330. The molecule has 0 amide bonds. The Hall–Kier alpha value is -3.12. The van der Waals surface area contributed by atoms with Gasteiger partial charge in [-0.15, -0.1) is 0 Å². The number of nitrogens with zero attached hydrogens (tertiary/aromatic N) is 3. The van der Waals surface area contributed by atoms with Crippen molar-refractivity contribution in [2.24, 2.45) is 0 Å². The van der Waals surface area contributed by atoms with Gasteiger partial charge in [-0.2, -0.15) is 0 Å². The van der Waals surface area contributed by atoms with Gasteiger partial charge in [-0.25, -0.2) is 4.98 Å². The van der Waals surface area contributed by atoms with Crippen molar-refractivity contribution in [2.45, 2.75) is 51.9 Å². The van der Waals surface area contributed by atoms with Crippen LogP contribution >= 0.6 is 0 Å². The van der Waals surface area contributed by atoms with E-state index >= 15 is 0 Å². The molecule has 5 rings (SSSR count). The number of fused-ring (bicyclic) bond motifs is 2. The lowest BCUT2D eigenvalue weighted by Gasteiger charge is -2.31. The maximum Gasteiger partial charge on any atom is 0.199 e. The van der Waals surface area contributed by atoms with Crippen LogP contribution in [-0.4, -0.2) is 51.8 Å². The van der Waals surface area contributed by atoms with Gasteiger partial charge in [0.2, 0.25) is 0 Å². The molecule has 4 heterocycles. The third-order valence-electron chi connectivity index (χ3n) is 7.26. The van der Waals surface area contributed by atoms with Crippen LogP contribution < -0.4 is 4.74 Å². The summed E-state index contributed by atoms with van der Waals surface area (Å²) in [6.45, 7) is 9.05. The van der Waals surface area contributed by atoms with Crippen LogP contribution in [0.25, 0.3) is 27.8 Å². The van der Waals surface area contributed by atoms with Crippen LogP contribution in [0.3, 0.4) is 0 Å². The summed E-state index contributed by atoms with van der Waals surface area (Å²) in [5.41, 5.74) is 7.00. The van der Waals surface area contributed by atoms with Crippen molar-refractivity contribution < 1.29 is 9.53 Å². The summed E-state index contributed by atoms with van der Waals surface area (Å²) in [7, 11) is 1.70. The number of Topliss-reactive ketones (excluding diaryl/α,β-unsaturated/α-hetero) is 1. The van der Waals surface area contributed by atoms with Crippen LogP contribution in [0, 0.1) is 0 Å². The number of methoxy groups -OCH3 is 1. The predicted molar refractivity (Wildman–Crippen MR) is 137 cm³/mol. The zero-order valence-electron chi connectivity index (χ0n) is 20.6. The summed E-state index contributed by atoms with van der Waals surface area (Å²) >= 11 is 0. The van der Waals surface area contributed by atoms with Crippen molar-refractivity contribution in [1.82, 2.24) is 19.3 Å². The van der Waals surface area contributed by atoms with Gasteiger partial charge < -0.3 is 9.72 Å². The fraction of sp³-hybridized carbons (Fsp3) is 0.429. The number of pyridine rings is 1. The lowest BCUT2D eigenvalue weighted by atomic mass is 9.87. The third-order valence-corrected chi connectivity index (χ3v) is 7.26. The zero-order chi connectivity index (χ0) is 23.8. The number of imidazole rings is 1. The largest absolute Gasteiger partial charge is 0.482 e. The Morgan fingerprint density at radius 3 is 2.71 bits per heavy atom. The molecule has 0 saturated carbocycles. The number of piperidine rings is 1. The SMILES string of the molecule is CCC(=O)CN1CCC(c2ccc3[nH]c(-c4cc(OC)n5ccnc5c4)c(C(C)C)c3c2)CC1. The van der Waals surface area contributed by atoms with E-state index in [0.29, 0.717) is 30.6 Å². The summed E-state index contributed by atoms with van der Waals surface area (Å²) in [6.07, 6.45) is 6.55. The molecule has 1 aliphatic heterocycles. The molecule has 0 aliphatic carbocycles. The smallest absolute Gasteiger partial charge is 0.199 e. The van der Waals surface area contributed by atoms with Crippen molar-refractivity contribution in [3.05, 3.63) is 53.9 Å². The molecule has 3 aromatic heterocycles. The number of hydrogen-bond acceptors (Lipinski definition) is 4. The van der Waals surface area contributed by atoms with Crippen molar-refractivity contribution >= 4 is 22.3 Å². The number of rotatable bonds is 7. The topological polar surface area (TPSA) is 62.6 Å². The average Bonchev–Trinajstić information content (AvgIpc) is 3.48. The first-order valence-corrected chi connectivity index (χ1v) is 12.4. The number of likely N-dealkylation sites (tertiary alicyclic amines) is 1. The van der Waals surface area contributed by atoms with Crippen LogP contribution in [0.15, 0.2) is 42.7 Å². The van der Waals surface area contributed by atoms with Crippen LogP contribution in [0.1, 0.15) is 63.0 Å². The standard InChI is InChI=1S/C28H34N4O2/c1-5-22(33)17-31-11-8-19(9-12-31)20-6-7-24-23(14-20)27(18(2)3)28(30-24)21-15-25-29-10-13-32(25)26(16-21)34-4/h6-7,10,13-16,18-19,30H,5,8-9,11-12,17H2,1-4H3. The van der Waals surface area contributed by atoms with Crippen molar-refractivity contribution in [2.75, 3.05) is 26.7 Å². The number of aromatic amines is 1. The van der Waals surface area contributed by atoms with Crippen molar-refractivity contribution in [3.63, 3.8) is 0 Å². The fourth-order valence-electron chi connectivity index (χ4n) is 5.39. The minimum atomic E-state index is 0.339. The normalized spacial score (nSPS) is 15.6. The number of carbonyl (C=O) groups excluding carboxylic acids is 1. The van der Waals surface area contributed by atoms with Gasteiger partial charge in [-0.05, 0) is 67.1 Å². The van der Waals surface area contributed by atoms with E-state index < -0.39 is 0 Å². The minimum Gasteiger partial charge on any atom is -0.482 e. The molecule has 6 nitrogen and oxygen atoms in total. The molecular formula is C28H34N4O2. The average molecular weight is 459 g/mol. The first-order valence-electron chi connectivity index (χ1n) is 12.4. The van der Waals surface area contributed by atoms with E-state index in [1.807, 2.05) is 17.5 Å². The van der Waals surface area contributed by atoms with Gasteiger partial charge in [0.25, 0.3) is 0 Å². The van der Waals surface area contributed by atoms with E-state index in [0.717, 1.165) is 54.2 Å². The van der Waals surface area contributed by atoms with Crippen molar-refractivity contribution in [1.29, 1.82) is 0 Å². The summed E-state index contributed by atoms with van der Waals surface area (Å²) < 4.78 is 7.60. The van der Waals surface area contributed by atoms with Crippen LogP contribution in [0.4, 0.5) is 0 Å². The summed E-state index contributed by atoms with van der Waals surface area (Å²) in [5.74, 6) is 2.01. The molecule has 1 aromatic carbocycles. The molecule has 0 unspecified atom stereocenters. The van der Waals surface area contributed by atoms with Gasteiger partial charge in [0.05, 0.1) is 19.3 Å². The lowest BCUT2D eigenvalue weighted by molar-refractivity contribution is -0.120. The van der Waals surface area contributed by atoms with E-state index in [-0.39, 0.29) is 0 Å². The van der Waals surface area contributed by atoms with Crippen molar-refractivity contribution in [3.8, 4) is 17.1 Å². The van der Waals surface area contributed by atoms with Gasteiger partial charge in [-0.1, -0.05) is 26.8 Å². The molecule has 6 heteroatoms. The lowest BCUT2D eigenvalue weighted by Crippen LogP contribution is -2.36. The Morgan fingerprint density at radius 1 is 1.21 bits per heavy atom. The summed E-state index contributed by atoms with van der Waals surface area (Å²) in [5, 5.41) is 1.30. The Kier molecular flexibility index (Phi) is 6.17. The molecule has 0 atom stereocenters. The zero-order valence-corrected chi connectivity index (χ0v) is 20.6. The van der Waals surface area contributed by atoms with E-state index in [1.165, 1.54) is 16.5 Å². The highest BCUT2D eigenvalue weighted by atomic mass is 16.5. The van der Waals surface area contributed by atoms with E-state index in [4.69, 9.17) is 4.74 Å². The fourth-order valence-corrected chi connectivity index (χ4v) is 5.39. The maximum atomic E-state index is 11.8. The highest BCUT2D eigenvalue weighted by molar-refractivity contribution is 5.92. The number of nitrogens with one attached hydrogen (secondary N) is 1. The molecule has 0 radical (unpaired) electrons. The number of H-pyrrole nitrogens is 1. The first kappa shape index (κ1) is 22.7. The highest BCUT2D eigenvalue weighted by Gasteiger charge is 2.24. The van der Waals surface area contributed by atoms with E-state index in [9.17, 15) is 4.79 Å². The number of ketones is 1. The van der Waals surface area contributed by atoms with Gasteiger partial charge in [-0.3, -0.25) is 14.1 Å². The number of carbonyl (C=O) groups is 1. The Morgan fingerprint density at radius 2 is 2.00 bits per heavy atom. The maximum absolute atomic E-state index is 11.8. The molecule has 1 saturated heterocycles. The van der Waals surface area contributed by atoms with Gasteiger partial charge >= 0.3 is 0 Å². The van der Waals surface area contributed by atoms with Gasteiger partial charge in [0.15, 0.2) is 5.88 Å². The predicted octanol–water partition coefficient (Wildman–Crippen LogP) is 5.77. The third kappa shape index (κ3) is 4.11.